The number of ether oxygens (including phenoxy) is 3. The number of hydrogen-bond donors (Lipinski definition) is 2. The van der Waals surface area contributed by atoms with Gasteiger partial charge in [0, 0.05) is 19.3 Å². The van der Waals surface area contributed by atoms with E-state index >= 15 is 0 Å². The van der Waals surface area contributed by atoms with Crippen molar-refractivity contribution >= 4 is 25.7 Å². The van der Waals surface area contributed by atoms with E-state index in [1.54, 1.807) is 0 Å². The second-order valence-corrected chi connectivity index (χ2v) is 19.4. The molecular formula is C64H99O11P. The van der Waals surface area contributed by atoms with E-state index in [9.17, 15) is 28.9 Å². The van der Waals surface area contributed by atoms with Crippen molar-refractivity contribution in [1.82, 2.24) is 0 Å². The van der Waals surface area contributed by atoms with Crippen molar-refractivity contribution in [1.29, 1.82) is 0 Å². The minimum Gasteiger partial charge on any atom is -0.462 e. The summed E-state index contributed by atoms with van der Waals surface area (Å²) < 4.78 is 39.4. The van der Waals surface area contributed by atoms with Gasteiger partial charge in [0.05, 0.1) is 19.8 Å². The van der Waals surface area contributed by atoms with Crippen LogP contribution in [0.15, 0.2) is 158 Å². The van der Waals surface area contributed by atoms with Gasteiger partial charge in [0.2, 0.25) is 0 Å². The van der Waals surface area contributed by atoms with E-state index in [-0.39, 0.29) is 19.3 Å². The molecule has 0 aliphatic heterocycles. The number of phosphoric acid groups is 1. The third-order valence-corrected chi connectivity index (χ3v) is 11.9. The fraction of sp³-hybridized carbons (Fsp3) is 0.547. The molecule has 0 bridgehead atoms. The molecule has 0 rings (SSSR count). The zero-order valence-electron chi connectivity index (χ0n) is 46.9. The van der Waals surface area contributed by atoms with Crippen LogP contribution in [-0.4, -0.2) is 66.5 Å². The van der Waals surface area contributed by atoms with Gasteiger partial charge in [-0.2, -0.15) is 0 Å². The standard InChI is InChI=1S/C64H99O11P/c1-4-7-10-13-16-19-22-25-27-29-30-32-34-37-40-43-46-49-52-55-64(68)75-61(57-71-62(66)53-50-47-44-41-38-35-24-21-18-15-12-9-6-3)59-73-76(69,70)72-58-60(56-65)74-63(67)54-51-48-45-42-39-36-33-31-28-26-23-20-17-14-11-8-5-2/h7-12,16-21,25-28,30,32-33,35-38,40,44,47,60-61,65H,4-6,13-15,22-24,29,31,34,39,41-43,45-46,48-59H2,1-3H3,(H,69,70)/b10-7-,11-8-,12-9-,19-16-,20-17-,21-18-,27-25-,28-26-,32-30-,36-33-,38-35-,40-37-,47-44-. The van der Waals surface area contributed by atoms with Crippen molar-refractivity contribution in [2.75, 3.05) is 26.4 Å². The Morgan fingerprint density at radius 3 is 1.04 bits per heavy atom. The summed E-state index contributed by atoms with van der Waals surface area (Å²) in [6.45, 7) is 4.12. The summed E-state index contributed by atoms with van der Waals surface area (Å²) in [6.07, 6.45) is 73.6. The summed E-state index contributed by atoms with van der Waals surface area (Å²) in [6, 6.07) is 0. The van der Waals surface area contributed by atoms with Crippen LogP contribution in [0.5, 0.6) is 0 Å². The fourth-order valence-electron chi connectivity index (χ4n) is 6.74. The molecular weight excluding hydrogens is 976 g/mol. The lowest BCUT2D eigenvalue weighted by atomic mass is 10.1. The van der Waals surface area contributed by atoms with Gasteiger partial charge < -0.3 is 24.2 Å². The van der Waals surface area contributed by atoms with Crippen LogP contribution in [0.25, 0.3) is 0 Å². The summed E-state index contributed by atoms with van der Waals surface area (Å²) >= 11 is 0. The molecule has 0 aliphatic rings. The number of unbranched alkanes of at least 4 members (excludes halogenated alkanes) is 7. The van der Waals surface area contributed by atoms with Gasteiger partial charge in [-0.25, -0.2) is 4.57 Å². The molecule has 0 aromatic heterocycles. The van der Waals surface area contributed by atoms with E-state index in [4.69, 9.17) is 23.3 Å². The second-order valence-electron chi connectivity index (χ2n) is 18.0. The topological polar surface area (TPSA) is 155 Å². The number of hydrogen-bond acceptors (Lipinski definition) is 10. The van der Waals surface area contributed by atoms with Gasteiger partial charge in [0.1, 0.15) is 12.7 Å². The highest BCUT2D eigenvalue weighted by atomic mass is 31.2. The van der Waals surface area contributed by atoms with Crippen LogP contribution in [0.4, 0.5) is 0 Å². The average Bonchev–Trinajstić information content (AvgIpc) is 3.41. The molecule has 3 unspecified atom stereocenters. The van der Waals surface area contributed by atoms with E-state index in [0.717, 1.165) is 128 Å². The van der Waals surface area contributed by atoms with Gasteiger partial charge in [-0.1, -0.05) is 198 Å². The molecule has 2 N–H and O–H groups in total. The van der Waals surface area contributed by atoms with Crippen molar-refractivity contribution in [3.05, 3.63) is 158 Å². The second kappa shape index (κ2) is 56.3. The van der Waals surface area contributed by atoms with Crippen LogP contribution in [0.2, 0.25) is 0 Å². The molecule has 0 saturated carbocycles. The lowest BCUT2D eigenvalue weighted by Crippen LogP contribution is -2.30. The van der Waals surface area contributed by atoms with Crippen molar-refractivity contribution in [3.63, 3.8) is 0 Å². The number of allylic oxidation sites excluding steroid dienone is 26. The van der Waals surface area contributed by atoms with Gasteiger partial charge >= 0.3 is 25.7 Å². The van der Waals surface area contributed by atoms with Crippen LogP contribution >= 0.6 is 7.82 Å². The molecule has 426 valence electrons. The largest absolute Gasteiger partial charge is 0.472 e. The molecule has 0 radical (unpaired) electrons. The average molecular weight is 1080 g/mol. The number of carbonyl (C=O) groups excluding carboxylic acids is 3. The summed E-state index contributed by atoms with van der Waals surface area (Å²) in [7, 11) is -4.79. The van der Waals surface area contributed by atoms with E-state index in [1.807, 2.05) is 12.2 Å². The Kier molecular flexibility index (Phi) is 52.7. The molecule has 0 spiro atoms. The number of aliphatic hydroxyl groups is 1. The van der Waals surface area contributed by atoms with Gasteiger partial charge in [0.15, 0.2) is 6.10 Å². The first-order valence-corrected chi connectivity index (χ1v) is 29.9. The Labute approximate surface area is 460 Å². The number of aliphatic hydroxyl groups excluding tert-OH is 1. The highest BCUT2D eigenvalue weighted by Crippen LogP contribution is 2.43. The molecule has 76 heavy (non-hydrogen) atoms. The smallest absolute Gasteiger partial charge is 0.462 e. The molecule has 11 nitrogen and oxygen atoms in total. The van der Waals surface area contributed by atoms with Gasteiger partial charge in [-0.05, 0) is 128 Å². The number of rotatable bonds is 50. The highest BCUT2D eigenvalue weighted by Gasteiger charge is 2.28. The van der Waals surface area contributed by atoms with E-state index < -0.39 is 64.4 Å². The molecule has 0 heterocycles. The van der Waals surface area contributed by atoms with E-state index in [0.29, 0.717) is 19.3 Å². The van der Waals surface area contributed by atoms with Crippen LogP contribution < -0.4 is 0 Å². The van der Waals surface area contributed by atoms with Crippen LogP contribution in [0.1, 0.15) is 188 Å². The lowest BCUT2D eigenvalue weighted by molar-refractivity contribution is -0.161. The lowest BCUT2D eigenvalue weighted by Gasteiger charge is -2.21. The van der Waals surface area contributed by atoms with Crippen LogP contribution in [0, 0.1) is 0 Å². The maximum atomic E-state index is 12.9. The summed E-state index contributed by atoms with van der Waals surface area (Å²) in [5, 5.41) is 9.82. The summed E-state index contributed by atoms with van der Waals surface area (Å²) in [5.41, 5.74) is 0. The van der Waals surface area contributed by atoms with Gasteiger partial charge in [0.25, 0.3) is 0 Å². The normalized spacial score (nSPS) is 14.5. The number of phosphoric ester groups is 1. The highest BCUT2D eigenvalue weighted by molar-refractivity contribution is 7.47. The maximum Gasteiger partial charge on any atom is 0.472 e. The zero-order chi connectivity index (χ0) is 55.5. The van der Waals surface area contributed by atoms with Gasteiger partial charge in [-0.15, -0.1) is 0 Å². The molecule has 0 amide bonds. The molecule has 12 heteroatoms. The van der Waals surface area contributed by atoms with Crippen molar-refractivity contribution in [2.45, 2.75) is 200 Å². The summed E-state index contributed by atoms with van der Waals surface area (Å²) in [5.74, 6) is -1.65. The third kappa shape index (κ3) is 53.9. The van der Waals surface area contributed by atoms with Crippen molar-refractivity contribution < 1.29 is 52.2 Å². The molecule has 3 atom stereocenters. The first-order valence-electron chi connectivity index (χ1n) is 28.4. The molecule has 0 saturated heterocycles. The predicted octanol–water partition coefficient (Wildman–Crippen LogP) is 16.9. The Balaban J connectivity index is 4.88. The Bertz CT molecular complexity index is 1880. The Morgan fingerprint density at radius 2 is 0.671 bits per heavy atom. The molecule has 0 fully saturated rings. The quantitative estimate of drug-likeness (QED) is 0.0197. The fourth-order valence-corrected chi connectivity index (χ4v) is 7.52. The van der Waals surface area contributed by atoms with Crippen molar-refractivity contribution in [3.8, 4) is 0 Å². The van der Waals surface area contributed by atoms with E-state index in [1.165, 1.54) is 0 Å². The molecule has 0 aromatic carbocycles. The minimum absolute atomic E-state index is 0.0865. The minimum atomic E-state index is -4.79. The van der Waals surface area contributed by atoms with Crippen LogP contribution in [0.3, 0.4) is 0 Å². The first-order chi connectivity index (χ1) is 37.2. The first kappa shape index (κ1) is 71.1. The van der Waals surface area contributed by atoms with Crippen LogP contribution in [-0.2, 0) is 42.2 Å². The van der Waals surface area contributed by atoms with E-state index in [2.05, 4.69) is 167 Å². The number of esters is 3. The third-order valence-electron chi connectivity index (χ3n) is 10.9. The Morgan fingerprint density at radius 1 is 0.368 bits per heavy atom. The monoisotopic (exact) mass is 1070 g/mol. The molecule has 0 aromatic rings. The number of carbonyl (C=O) groups is 3. The molecule has 0 aliphatic carbocycles. The zero-order valence-corrected chi connectivity index (χ0v) is 47.8. The predicted molar refractivity (Wildman–Crippen MR) is 315 cm³/mol. The van der Waals surface area contributed by atoms with Gasteiger partial charge in [-0.3, -0.25) is 23.4 Å². The summed E-state index contributed by atoms with van der Waals surface area (Å²) in [4.78, 5) is 48.5. The van der Waals surface area contributed by atoms with Crippen molar-refractivity contribution in [2.24, 2.45) is 0 Å². The maximum absolute atomic E-state index is 12.9. The Hall–Kier alpha value is -4.90. The SMILES string of the molecule is CC/C=C\C/C=C\C/C=C\C/C=C\C/C=C\CCCCCC(=O)OC(COC(=O)CC/C=C\C/C=C\C/C=C\C/C=C\CC)COP(=O)(O)OCC(CO)OC(=O)CCCCCC/C=C\C/C=C\C/C=C\C/C=C\CC.